The SMILES string of the molecule is CC(C)CCCCCCCCCc1ccc(Oc2ccccc2OS(=O)(=O)O)c(OS(=O)(=O)O)c1. The first-order valence-electron chi connectivity index (χ1n) is 11.7. The molecule has 196 valence electrons. The molecule has 2 rings (SSSR count). The van der Waals surface area contributed by atoms with Gasteiger partial charge in [-0.05, 0) is 48.6 Å². The number of ether oxygens (including phenoxy) is 1. The van der Waals surface area contributed by atoms with Crippen molar-refractivity contribution in [2.24, 2.45) is 5.92 Å². The Labute approximate surface area is 208 Å². The van der Waals surface area contributed by atoms with E-state index in [4.69, 9.17) is 9.29 Å². The molecule has 0 unspecified atom stereocenters. The minimum Gasteiger partial charge on any atom is -0.449 e. The molecule has 35 heavy (non-hydrogen) atoms. The van der Waals surface area contributed by atoms with Gasteiger partial charge in [0.1, 0.15) is 0 Å². The van der Waals surface area contributed by atoms with Gasteiger partial charge in [0.2, 0.25) is 0 Å². The molecule has 0 heterocycles. The van der Waals surface area contributed by atoms with Crippen LogP contribution < -0.4 is 13.1 Å². The van der Waals surface area contributed by atoms with Gasteiger partial charge in [-0.15, -0.1) is 0 Å². The van der Waals surface area contributed by atoms with Crippen molar-refractivity contribution in [2.45, 2.75) is 71.6 Å². The average molecular weight is 531 g/mol. The Morgan fingerprint density at radius 2 is 1.20 bits per heavy atom. The molecular formula is C24H34O9S2. The molecule has 0 atom stereocenters. The molecule has 0 radical (unpaired) electrons. The summed E-state index contributed by atoms with van der Waals surface area (Å²) < 4.78 is 77.8. The Balaban J connectivity index is 2.01. The Hall–Kier alpha value is -2.34. The van der Waals surface area contributed by atoms with Gasteiger partial charge in [-0.3, -0.25) is 9.11 Å². The van der Waals surface area contributed by atoms with Crippen LogP contribution in [0.4, 0.5) is 0 Å². The molecule has 0 fully saturated rings. The Kier molecular flexibility index (Phi) is 11.3. The van der Waals surface area contributed by atoms with E-state index in [9.17, 15) is 21.4 Å². The van der Waals surface area contributed by atoms with E-state index in [0.29, 0.717) is 6.42 Å². The van der Waals surface area contributed by atoms with E-state index in [0.717, 1.165) is 30.7 Å². The van der Waals surface area contributed by atoms with Crippen LogP contribution in [0.25, 0.3) is 0 Å². The van der Waals surface area contributed by atoms with Gasteiger partial charge >= 0.3 is 20.8 Å². The van der Waals surface area contributed by atoms with Crippen molar-refractivity contribution >= 4 is 20.8 Å². The largest absolute Gasteiger partial charge is 0.449 e. The van der Waals surface area contributed by atoms with Crippen molar-refractivity contribution < 1.29 is 39.0 Å². The highest BCUT2D eigenvalue weighted by atomic mass is 32.3. The van der Waals surface area contributed by atoms with E-state index in [1.54, 1.807) is 6.07 Å². The highest BCUT2D eigenvalue weighted by Crippen LogP contribution is 2.38. The van der Waals surface area contributed by atoms with Crippen molar-refractivity contribution in [3.05, 3.63) is 48.0 Å². The molecule has 11 heteroatoms. The van der Waals surface area contributed by atoms with E-state index in [1.807, 2.05) is 0 Å². The van der Waals surface area contributed by atoms with Crippen LogP contribution in [0.15, 0.2) is 42.5 Å². The van der Waals surface area contributed by atoms with E-state index in [-0.39, 0.29) is 23.0 Å². The molecule has 2 N–H and O–H groups in total. The summed E-state index contributed by atoms with van der Waals surface area (Å²) in [6.07, 6.45) is 9.97. The number of aryl methyl sites for hydroxylation is 1. The van der Waals surface area contributed by atoms with E-state index in [1.165, 1.54) is 68.5 Å². The highest BCUT2D eigenvalue weighted by molar-refractivity contribution is 7.81. The topological polar surface area (TPSA) is 136 Å². The summed E-state index contributed by atoms with van der Waals surface area (Å²) in [5.74, 6) is -0.0511. The molecule has 0 aliphatic carbocycles. The monoisotopic (exact) mass is 530 g/mol. The van der Waals surface area contributed by atoms with Crippen molar-refractivity contribution in [1.82, 2.24) is 0 Å². The standard InChI is InChI=1S/C24H34O9S2/c1-19(2)12-8-6-4-3-5-7-9-13-20-16-17-22(24(18-20)33-35(28,29)30)31-21-14-10-11-15-23(21)32-34(25,26)27/h10-11,14-19H,3-9,12-13H2,1-2H3,(H,25,26,27)(H,28,29,30). The van der Waals surface area contributed by atoms with Crippen LogP contribution in [0, 0.1) is 5.92 Å². The van der Waals surface area contributed by atoms with Crippen LogP contribution in [-0.4, -0.2) is 25.9 Å². The van der Waals surface area contributed by atoms with Gasteiger partial charge < -0.3 is 13.1 Å². The smallest absolute Gasteiger partial charge is 0.446 e. The lowest BCUT2D eigenvalue weighted by molar-refractivity contribution is 0.363. The zero-order valence-electron chi connectivity index (χ0n) is 20.1. The lowest BCUT2D eigenvalue weighted by Crippen LogP contribution is -2.09. The quantitative estimate of drug-likeness (QED) is 0.193. The van der Waals surface area contributed by atoms with Gasteiger partial charge in [0, 0.05) is 0 Å². The van der Waals surface area contributed by atoms with E-state index in [2.05, 4.69) is 22.2 Å². The van der Waals surface area contributed by atoms with Crippen molar-refractivity contribution in [1.29, 1.82) is 0 Å². The summed E-state index contributed by atoms with van der Waals surface area (Å²) in [6, 6.07) is 10.2. The molecule has 0 amide bonds. The van der Waals surface area contributed by atoms with Crippen LogP contribution in [0.1, 0.15) is 70.8 Å². The van der Waals surface area contributed by atoms with Crippen LogP contribution in [0.5, 0.6) is 23.0 Å². The fraction of sp³-hybridized carbons (Fsp3) is 0.500. The van der Waals surface area contributed by atoms with Gasteiger partial charge in [0.25, 0.3) is 0 Å². The van der Waals surface area contributed by atoms with Gasteiger partial charge in [-0.25, -0.2) is 0 Å². The molecule has 0 aromatic heterocycles. The van der Waals surface area contributed by atoms with Crippen molar-refractivity contribution in [2.75, 3.05) is 0 Å². The molecule has 0 spiro atoms. The van der Waals surface area contributed by atoms with E-state index >= 15 is 0 Å². The molecule has 0 bridgehead atoms. The van der Waals surface area contributed by atoms with Crippen molar-refractivity contribution in [3.63, 3.8) is 0 Å². The maximum atomic E-state index is 11.4. The summed E-state index contributed by atoms with van der Waals surface area (Å²) in [4.78, 5) is 0. The highest BCUT2D eigenvalue weighted by Gasteiger charge is 2.18. The van der Waals surface area contributed by atoms with Crippen LogP contribution in [-0.2, 0) is 27.2 Å². The Morgan fingerprint density at radius 3 is 1.80 bits per heavy atom. The molecule has 0 saturated carbocycles. The minimum atomic E-state index is -4.84. The maximum absolute atomic E-state index is 11.4. The number of hydrogen-bond donors (Lipinski definition) is 2. The average Bonchev–Trinajstić information content (AvgIpc) is 2.73. The van der Waals surface area contributed by atoms with E-state index < -0.39 is 20.8 Å². The van der Waals surface area contributed by atoms with Crippen LogP contribution in [0.3, 0.4) is 0 Å². The fourth-order valence-electron chi connectivity index (χ4n) is 3.57. The van der Waals surface area contributed by atoms with Crippen LogP contribution >= 0.6 is 0 Å². The third-order valence-electron chi connectivity index (χ3n) is 5.21. The first-order chi connectivity index (χ1) is 16.4. The second-order valence-electron chi connectivity index (χ2n) is 8.76. The predicted octanol–water partition coefficient (Wildman–Crippen LogP) is 6.16. The normalized spacial score (nSPS) is 12.0. The summed E-state index contributed by atoms with van der Waals surface area (Å²) in [5.41, 5.74) is 0.787. The number of benzene rings is 2. The summed E-state index contributed by atoms with van der Waals surface area (Å²) in [5, 5.41) is 0. The van der Waals surface area contributed by atoms with Gasteiger partial charge in [-0.1, -0.05) is 77.0 Å². The van der Waals surface area contributed by atoms with Crippen molar-refractivity contribution in [3.8, 4) is 23.0 Å². The number of para-hydroxylation sites is 2. The molecule has 0 aliphatic rings. The summed E-state index contributed by atoms with van der Waals surface area (Å²) >= 11 is 0. The number of unbranched alkanes of at least 4 members (excludes halogenated alkanes) is 6. The third kappa shape index (κ3) is 12.3. The summed E-state index contributed by atoms with van der Waals surface area (Å²) in [6.45, 7) is 4.48. The van der Waals surface area contributed by atoms with Gasteiger partial charge in [0.05, 0.1) is 0 Å². The number of hydrogen-bond acceptors (Lipinski definition) is 7. The van der Waals surface area contributed by atoms with Gasteiger partial charge in [-0.2, -0.15) is 16.8 Å². The molecule has 2 aromatic rings. The molecule has 9 nitrogen and oxygen atoms in total. The summed E-state index contributed by atoms with van der Waals surface area (Å²) in [7, 11) is -9.65. The Morgan fingerprint density at radius 1 is 0.686 bits per heavy atom. The van der Waals surface area contributed by atoms with Crippen LogP contribution in [0.2, 0.25) is 0 Å². The zero-order valence-corrected chi connectivity index (χ0v) is 21.7. The third-order valence-corrected chi connectivity index (χ3v) is 5.99. The van der Waals surface area contributed by atoms with Gasteiger partial charge in [0.15, 0.2) is 23.0 Å². The second kappa shape index (κ2) is 13.7. The first-order valence-corrected chi connectivity index (χ1v) is 14.4. The lowest BCUT2D eigenvalue weighted by Gasteiger charge is -2.14. The zero-order chi connectivity index (χ0) is 25.9. The predicted molar refractivity (Wildman–Crippen MR) is 133 cm³/mol. The maximum Gasteiger partial charge on any atom is 0.446 e. The molecule has 0 aliphatic heterocycles. The molecule has 0 saturated heterocycles. The lowest BCUT2D eigenvalue weighted by atomic mass is 10.0. The Bertz CT molecular complexity index is 1140. The minimum absolute atomic E-state index is 0.0980. The molecule has 2 aromatic carbocycles. The number of rotatable bonds is 16. The first kappa shape index (κ1) is 28.9. The fourth-order valence-corrected chi connectivity index (χ4v) is 4.29. The molecular weight excluding hydrogens is 496 g/mol. The second-order valence-corrected chi connectivity index (χ2v) is 10.8.